The first kappa shape index (κ1) is 12.8. The molecule has 0 saturated heterocycles. The van der Waals surface area contributed by atoms with Crippen LogP contribution in [0.25, 0.3) is 0 Å². The predicted octanol–water partition coefficient (Wildman–Crippen LogP) is -2.70. The average molecular weight is 194 g/mol. The molecule has 4 unspecified atom stereocenters. The van der Waals surface area contributed by atoms with Crippen molar-refractivity contribution in [3.63, 3.8) is 0 Å². The smallest absolute Gasteiger partial charge is 0.137 e. The van der Waals surface area contributed by atoms with E-state index in [4.69, 9.17) is 15.9 Å². The lowest BCUT2D eigenvalue weighted by Crippen LogP contribution is -2.59. The summed E-state index contributed by atoms with van der Waals surface area (Å²) in [4.78, 5) is 0. The Morgan fingerprint density at radius 3 is 2.23 bits per heavy atom. The van der Waals surface area contributed by atoms with Crippen LogP contribution >= 0.6 is 0 Å². The van der Waals surface area contributed by atoms with Gasteiger partial charge in [-0.3, -0.25) is 5.32 Å². The molecular weight excluding hydrogens is 176 g/mol. The van der Waals surface area contributed by atoms with Gasteiger partial charge in [0, 0.05) is 0 Å². The standard InChI is InChI=1S/C7H18N2O4/c1-4(11)5(8)9-6(12)7(2,13)3-10/h4-6,9-13H,3,8H2,1-2H3. The summed E-state index contributed by atoms with van der Waals surface area (Å²) in [5, 5.41) is 38.6. The van der Waals surface area contributed by atoms with Gasteiger partial charge >= 0.3 is 0 Å². The summed E-state index contributed by atoms with van der Waals surface area (Å²) < 4.78 is 0. The topological polar surface area (TPSA) is 119 Å². The summed E-state index contributed by atoms with van der Waals surface area (Å²) >= 11 is 0. The molecule has 0 saturated carbocycles. The molecule has 0 aliphatic rings. The molecule has 0 aliphatic carbocycles. The van der Waals surface area contributed by atoms with E-state index in [-0.39, 0.29) is 0 Å². The van der Waals surface area contributed by atoms with Crippen molar-refractivity contribution >= 4 is 0 Å². The maximum Gasteiger partial charge on any atom is 0.137 e. The van der Waals surface area contributed by atoms with Gasteiger partial charge in [0.05, 0.1) is 18.9 Å². The van der Waals surface area contributed by atoms with Crippen molar-refractivity contribution in [2.45, 2.75) is 37.9 Å². The quantitative estimate of drug-likeness (QED) is 0.265. The maximum atomic E-state index is 9.32. The summed E-state index contributed by atoms with van der Waals surface area (Å²) in [6.07, 6.45) is -3.10. The normalized spacial score (nSPS) is 23.3. The number of rotatable bonds is 5. The van der Waals surface area contributed by atoms with Crippen molar-refractivity contribution in [3.05, 3.63) is 0 Å². The number of aliphatic hydroxyl groups is 4. The van der Waals surface area contributed by atoms with Crippen molar-refractivity contribution in [2.24, 2.45) is 5.73 Å². The molecular formula is C7H18N2O4. The van der Waals surface area contributed by atoms with E-state index < -0.39 is 30.7 Å². The van der Waals surface area contributed by atoms with Crippen molar-refractivity contribution in [2.75, 3.05) is 6.61 Å². The Hall–Kier alpha value is -0.240. The second kappa shape index (κ2) is 4.85. The van der Waals surface area contributed by atoms with Crippen molar-refractivity contribution in [1.29, 1.82) is 0 Å². The fraction of sp³-hybridized carbons (Fsp3) is 1.00. The lowest BCUT2D eigenvalue weighted by Gasteiger charge is -2.30. The van der Waals surface area contributed by atoms with Crippen LogP contribution in [0.15, 0.2) is 0 Å². The molecule has 0 amide bonds. The molecule has 0 aromatic rings. The first-order chi connectivity index (χ1) is 5.81. The third-order valence-corrected chi connectivity index (χ3v) is 1.78. The minimum atomic E-state index is -1.67. The molecule has 0 radical (unpaired) electrons. The van der Waals surface area contributed by atoms with Gasteiger partial charge in [-0.25, -0.2) is 0 Å². The van der Waals surface area contributed by atoms with Crippen LogP contribution in [0.3, 0.4) is 0 Å². The Bertz CT molecular complexity index is 151. The van der Waals surface area contributed by atoms with Crippen molar-refractivity contribution in [1.82, 2.24) is 5.32 Å². The summed E-state index contributed by atoms with van der Waals surface area (Å²) in [5.74, 6) is 0. The molecule has 0 fully saturated rings. The van der Waals surface area contributed by atoms with Gasteiger partial charge in [0.15, 0.2) is 0 Å². The molecule has 0 spiro atoms. The zero-order valence-electron chi connectivity index (χ0n) is 7.81. The maximum absolute atomic E-state index is 9.32. The van der Waals surface area contributed by atoms with E-state index in [9.17, 15) is 10.2 Å². The largest absolute Gasteiger partial charge is 0.393 e. The lowest BCUT2D eigenvalue weighted by atomic mass is 10.1. The van der Waals surface area contributed by atoms with E-state index in [0.29, 0.717) is 0 Å². The molecule has 7 N–H and O–H groups in total. The lowest BCUT2D eigenvalue weighted by molar-refractivity contribution is -0.113. The molecule has 80 valence electrons. The van der Waals surface area contributed by atoms with Gasteiger partial charge in [-0.05, 0) is 13.8 Å². The van der Waals surface area contributed by atoms with Gasteiger partial charge in [-0.1, -0.05) is 0 Å². The van der Waals surface area contributed by atoms with Crippen LogP contribution in [-0.2, 0) is 0 Å². The van der Waals surface area contributed by atoms with Crippen LogP contribution < -0.4 is 11.1 Å². The SMILES string of the molecule is CC(O)C(N)NC(O)C(C)(O)CO. The van der Waals surface area contributed by atoms with E-state index in [1.807, 2.05) is 0 Å². The molecule has 13 heavy (non-hydrogen) atoms. The van der Waals surface area contributed by atoms with Crippen LogP contribution in [0.1, 0.15) is 13.8 Å². The zero-order chi connectivity index (χ0) is 10.6. The third kappa shape index (κ3) is 3.99. The minimum Gasteiger partial charge on any atom is -0.393 e. The highest BCUT2D eigenvalue weighted by atomic mass is 16.4. The fourth-order valence-electron chi connectivity index (χ4n) is 0.588. The highest BCUT2D eigenvalue weighted by molar-refractivity contribution is 4.81. The van der Waals surface area contributed by atoms with Gasteiger partial charge in [0.25, 0.3) is 0 Å². The minimum absolute atomic E-state index is 0.603. The second-order valence-electron chi connectivity index (χ2n) is 3.35. The fourth-order valence-corrected chi connectivity index (χ4v) is 0.588. The molecule has 6 nitrogen and oxygen atoms in total. The molecule has 4 atom stereocenters. The van der Waals surface area contributed by atoms with Crippen molar-refractivity contribution in [3.8, 4) is 0 Å². The Morgan fingerprint density at radius 1 is 1.46 bits per heavy atom. The van der Waals surface area contributed by atoms with Crippen molar-refractivity contribution < 1.29 is 20.4 Å². The first-order valence-electron chi connectivity index (χ1n) is 4.02. The van der Waals surface area contributed by atoms with E-state index >= 15 is 0 Å². The number of nitrogens with one attached hydrogen (secondary N) is 1. The Labute approximate surface area is 77.0 Å². The van der Waals surface area contributed by atoms with E-state index in [0.717, 1.165) is 0 Å². The van der Waals surface area contributed by atoms with Gasteiger partial charge in [0.2, 0.25) is 0 Å². The Balaban J connectivity index is 4.06. The highest BCUT2D eigenvalue weighted by Gasteiger charge is 2.31. The molecule has 0 aliphatic heterocycles. The molecule has 6 heteroatoms. The molecule has 0 aromatic carbocycles. The monoisotopic (exact) mass is 194 g/mol. The van der Waals surface area contributed by atoms with E-state index in [1.165, 1.54) is 13.8 Å². The predicted molar refractivity (Wildman–Crippen MR) is 46.5 cm³/mol. The third-order valence-electron chi connectivity index (χ3n) is 1.78. The number of hydrogen-bond acceptors (Lipinski definition) is 6. The summed E-state index contributed by atoms with van der Waals surface area (Å²) in [6, 6.07) is 0. The van der Waals surface area contributed by atoms with Gasteiger partial charge in [-0.15, -0.1) is 0 Å². The summed E-state index contributed by atoms with van der Waals surface area (Å²) in [7, 11) is 0. The first-order valence-corrected chi connectivity index (χ1v) is 4.02. The molecule has 0 bridgehead atoms. The van der Waals surface area contributed by atoms with E-state index in [2.05, 4.69) is 5.32 Å². The Kier molecular flexibility index (Phi) is 4.76. The van der Waals surface area contributed by atoms with Gasteiger partial charge in [-0.2, -0.15) is 0 Å². The van der Waals surface area contributed by atoms with Crippen LogP contribution in [0.4, 0.5) is 0 Å². The van der Waals surface area contributed by atoms with Gasteiger partial charge < -0.3 is 26.2 Å². The van der Waals surface area contributed by atoms with E-state index in [1.54, 1.807) is 0 Å². The van der Waals surface area contributed by atoms with Crippen LogP contribution in [-0.4, -0.2) is 51.1 Å². The van der Waals surface area contributed by atoms with Crippen LogP contribution in [0, 0.1) is 0 Å². The second-order valence-corrected chi connectivity index (χ2v) is 3.35. The summed E-state index contributed by atoms with van der Waals surface area (Å²) in [5.41, 5.74) is 3.68. The Morgan fingerprint density at radius 2 is 1.92 bits per heavy atom. The number of nitrogens with two attached hydrogens (primary N) is 1. The van der Waals surface area contributed by atoms with Crippen LogP contribution in [0.2, 0.25) is 0 Å². The zero-order valence-corrected chi connectivity index (χ0v) is 7.81. The highest BCUT2D eigenvalue weighted by Crippen LogP contribution is 2.06. The number of hydrogen-bond donors (Lipinski definition) is 6. The molecule has 0 aromatic heterocycles. The number of aliphatic hydroxyl groups excluding tert-OH is 3. The van der Waals surface area contributed by atoms with Gasteiger partial charge in [0.1, 0.15) is 11.8 Å². The molecule has 0 heterocycles. The summed E-state index contributed by atoms with van der Waals surface area (Å²) in [6.45, 7) is 2.09. The average Bonchev–Trinajstić information content (AvgIpc) is 2.04. The molecule has 0 rings (SSSR count). The van der Waals surface area contributed by atoms with Crippen LogP contribution in [0.5, 0.6) is 0 Å².